The molecule has 5 nitrogen and oxygen atoms in total. The standard InChI is InChI=1S/C18H24N2O3/c1-19-16-6-3-2-5-14(16)11-15(17(19)22)12-20-9-4-7-18(23,13-21)8-10-20/h2-3,5-6,11,21,23H,4,7-10,12-13H2,1H3/t18-/m1/s1. The van der Waals surface area contributed by atoms with Gasteiger partial charge in [-0.2, -0.15) is 0 Å². The number of likely N-dealkylation sites (tertiary alicyclic amines) is 1. The first-order valence-corrected chi connectivity index (χ1v) is 8.16. The molecule has 0 bridgehead atoms. The molecule has 23 heavy (non-hydrogen) atoms. The van der Waals surface area contributed by atoms with Gasteiger partial charge in [-0.05, 0) is 43.3 Å². The second kappa shape index (κ2) is 6.43. The van der Waals surface area contributed by atoms with Crippen molar-refractivity contribution in [3.05, 3.63) is 46.2 Å². The lowest BCUT2D eigenvalue weighted by Crippen LogP contribution is -2.35. The Morgan fingerprint density at radius 2 is 2.00 bits per heavy atom. The van der Waals surface area contributed by atoms with E-state index in [-0.39, 0.29) is 12.2 Å². The Bertz CT molecular complexity index is 756. The Morgan fingerprint density at radius 1 is 1.22 bits per heavy atom. The predicted octanol–water partition coefficient (Wildman–Crippen LogP) is 1.25. The Kier molecular flexibility index (Phi) is 4.53. The fourth-order valence-corrected chi connectivity index (χ4v) is 3.39. The zero-order valence-corrected chi connectivity index (χ0v) is 13.5. The molecule has 1 aromatic heterocycles. The van der Waals surface area contributed by atoms with E-state index >= 15 is 0 Å². The minimum absolute atomic E-state index is 0.0327. The molecule has 1 aliphatic rings. The zero-order valence-electron chi connectivity index (χ0n) is 13.5. The van der Waals surface area contributed by atoms with Crippen molar-refractivity contribution in [1.29, 1.82) is 0 Å². The highest BCUT2D eigenvalue weighted by molar-refractivity contribution is 5.79. The molecule has 1 saturated heterocycles. The number of aryl methyl sites for hydroxylation is 1. The number of benzene rings is 1. The van der Waals surface area contributed by atoms with Crippen molar-refractivity contribution in [3.8, 4) is 0 Å². The quantitative estimate of drug-likeness (QED) is 0.894. The van der Waals surface area contributed by atoms with E-state index in [1.54, 1.807) is 11.6 Å². The van der Waals surface area contributed by atoms with Crippen LogP contribution in [0.15, 0.2) is 35.1 Å². The number of aliphatic hydroxyl groups excluding tert-OH is 1. The van der Waals surface area contributed by atoms with E-state index in [9.17, 15) is 15.0 Å². The van der Waals surface area contributed by atoms with E-state index in [1.165, 1.54) is 0 Å². The van der Waals surface area contributed by atoms with Crippen LogP contribution in [0.4, 0.5) is 0 Å². The van der Waals surface area contributed by atoms with Gasteiger partial charge in [-0.25, -0.2) is 0 Å². The highest BCUT2D eigenvalue weighted by Crippen LogP contribution is 2.23. The third-order valence-corrected chi connectivity index (χ3v) is 4.91. The summed E-state index contributed by atoms with van der Waals surface area (Å²) < 4.78 is 1.70. The molecule has 2 heterocycles. The maximum Gasteiger partial charge on any atom is 0.255 e. The van der Waals surface area contributed by atoms with E-state index in [0.29, 0.717) is 25.9 Å². The van der Waals surface area contributed by atoms with E-state index in [1.807, 2.05) is 30.3 Å². The summed E-state index contributed by atoms with van der Waals surface area (Å²) in [6.07, 6.45) is 1.97. The minimum atomic E-state index is -0.969. The first-order valence-electron chi connectivity index (χ1n) is 8.16. The minimum Gasteiger partial charge on any atom is -0.393 e. The van der Waals surface area contributed by atoms with Crippen LogP contribution in [-0.2, 0) is 13.6 Å². The second-order valence-corrected chi connectivity index (χ2v) is 6.60. The molecular weight excluding hydrogens is 292 g/mol. The monoisotopic (exact) mass is 316 g/mol. The molecule has 0 aliphatic carbocycles. The van der Waals surface area contributed by atoms with Gasteiger partial charge in [0.2, 0.25) is 0 Å². The molecule has 2 aromatic rings. The molecule has 3 rings (SSSR count). The Hall–Kier alpha value is -1.69. The number of rotatable bonds is 3. The van der Waals surface area contributed by atoms with Crippen LogP contribution in [0.25, 0.3) is 10.9 Å². The predicted molar refractivity (Wildman–Crippen MR) is 90.4 cm³/mol. The number of hydrogen-bond donors (Lipinski definition) is 2. The van der Waals surface area contributed by atoms with Crippen molar-refractivity contribution in [2.75, 3.05) is 19.7 Å². The number of aliphatic hydroxyl groups is 2. The van der Waals surface area contributed by atoms with Crippen LogP contribution in [0.2, 0.25) is 0 Å². The molecule has 5 heteroatoms. The molecule has 1 aromatic carbocycles. The lowest BCUT2D eigenvalue weighted by molar-refractivity contribution is -0.0255. The Labute approximate surface area is 135 Å². The molecular formula is C18H24N2O3. The van der Waals surface area contributed by atoms with Crippen LogP contribution >= 0.6 is 0 Å². The lowest BCUT2D eigenvalue weighted by Gasteiger charge is -2.24. The molecule has 1 aliphatic heterocycles. The number of aromatic nitrogens is 1. The van der Waals surface area contributed by atoms with Crippen LogP contribution in [-0.4, -0.2) is 45.0 Å². The van der Waals surface area contributed by atoms with E-state index in [4.69, 9.17) is 0 Å². The molecule has 0 radical (unpaired) electrons. The molecule has 0 amide bonds. The summed E-state index contributed by atoms with van der Waals surface area (Å²) in [7, 11) is 1.81. The summed E-state index contributed by atoms with van der Waals surface area (Å²) in [6.45, 7) is 1.91. The van der Waals surface area contributed by atoms with Gasteiger partial charge in [0.05, 0.1) is 17.7 Å². The summed E-state index contributed by atoms with van der Waals surface area (Å²) in [4.78, 5) is 14.8. The second-order valence-electron chi connectivity index (χ2n) is 6.60. The van der Waals surface area contributed by atoms with Gasteiger partial charge >= 0.3 is 0 Å². The van der Waals surface area contributed by atoms with Gasteiger partial charge in [-0.15, -0.1) is 0 Å². The largest absolute Gasteiger partial charge is 0.393 e. The van der Waals surface area contributed by atoms with E-state index in [0.717, 1.165) is 29.4 Å². The first kappa shape index (κ1) is 16.2. The van der Waals surface area contributed by atoms with Crippen LogP contribution in [0, 0.1) is 0 Å². The highest BCUT2D eigenvalue weighted by atomic mass is 16.3. The zero-order chi connectivity index (χ0) is 16.4. The maximum absolute atomic E-state index is 12.6. The number of nitrogens with zero attached hydrogens (tertiary/aromatic N) is 2. The summed E-state index contributed by atoms with van der Waals surface area (Å²) >= 11 is 0. The average Bonchev–Trinajstić information content (AvgIpc) is 2.75. The van der Waals surface area contributed by atoms with Gasteiger partial charge in [-0.1, -0.05) is 18.2 Å². The van der Waals surface area contributed by atoms with Crippen molar-refractivity contribution < 1.29 is 10.2 Å². The molecule has 124 valence electrons. The van der Waals surface area contributed by atoms with Crippen molar-refractivity contribution in [2.45, 2.75) is 31.4 Å². The van der Waals surface area contributed by atoms with Gasteiger partial charge < -0.3 is 14.8 Å². The summed E-state index contributed by atoms with van der Waals surface area (Å²) in [6, 6.07) is 9.86. The van der Waals surface area contributed by atoms with Crippen LogP contribution in [0.3, 0.4) is 0 Å². The number of pyridine rings is 1. The maximum atomic E-state index is 12.6. The molecule has 0 saturated carbocycles. The fraction of sp³-hybridized carbons (Fsp3) is 0.500. The van der Waals surface area contributed by atoms with E-state index in [2.05, 4.69) is 4.90 Å². The van der Waals surface area contributed by atoms with Crippen molar-refractivity contribution in [1.82, 2.24) is 9.47 Å². The summed E-state index contributed by atoms with van der Waals surface area (Å²) in [5, 5.41) is 20.6. The van der Waals surface area contributed by atoms with Crippen molar-refractivity contribution in [3.63, 3.8) is 0 Å². The number of para-hydroxylation sites is 1. The SMILES string of the molecule is Cn1c(=O)c(CN2CCC[C@](O)(CO)CC2)cc2ccccc21. The van der Waals surface area contributed by atoms with Gasteiger partial charge in [0.25, 0.3) is 5.56 Å². The molecule has 1 atom stereocenters. The Morgan fingerprint density at radius 3 is 2.78 bits per heavy atom. The van der Waals surface area contributed by atoms with Crippen molar-refractivity contribution >= 4 is 10.9 Å². The molecule has 0 spiro atoms. The highest BCUT2D eigenvalue weighted by Gasteiger charge is 2.29. The lowest BCUT2D eigenvalue weighted by atomic mass is 9.96. The smallest absolute Gasteiger partial charge is 0.255 e. The molecule has 0 unspecified atom stereocenters. The van der Waals surface area contributed by atoms with Crippen molar-refractivity contribution in [2.24, 2.45) is 7.05 Å². The third-order valence-electron chi connectivity index (χ3n) is 4.91. The van der Waals surface area contributed by atoms with Crippen LogP contribution in [0.5, 0.6) is 0 Å². The summed E-state index contributed by atoms with van der Waals surface area (Å²) in [5.41, 5.74) is 0.779. The number of hydrogen-bond acceptors (Lipinski definition) is 4. The van der Waals surface area contributed by atoms with Crippen LogP contribution < -0.4 is 5.56 Å². The first-order chi connectivity index (χ1) is 11.0. The average molecular weight is 316 g/mol. The number of fused-ring (bicyclic) bond motifs is 1. The summed E-state index contributed by atoms with van der Waals surface area (Å²) in [5.74, 6) is 0. The van der Waals surface area contributed by atoms with Gasteiger partial charge in [0, 0.05) is 25.7 Å². The molecule has 1 fully saturated rings. The topological polar surface area (TPSA) is 65.7 Å². The normalized spacial score (nSPS) is 23.1. The van der Waals surface area contributed by atoms with Gasteiger partial charge in [0.1, 0.15) is 0 Å². The van der Waals surface area contributed by atoms with Gasteiger partial charge in [0.15, 0.2) is 0 Å². The van der Waals surface area contributed by atoms with E-state index < -0.39 is 5.60 Å². The van der Waals surface area contributed by atoms with Crippen LogP contribution in [0.1, 0.15) is 24.8 Å². The third kappa shape index (κ3) is 3.32. The Balaban J connectivity index is 1.84. The molecule has 2 N–H and O–H groups in total. The fourth-order valence-electron chi connectivity index (χ4n) is 3.39. The van der Waals surface area contributed by atoms with Gasteiger partial charge in [-0.3, -0.25) is 9.69 Å².